The average Bonchev–Trinajstić information content (AvgIpc) is 2.74. The molecule has 1 atom stereocenters. The van der Waals surface area contributed by atoms with Crippen molar-refractivity contribution in [2.45, 2.75) is 25.3 Å². The number of nitrogens with one attached hydrogen (secondary N) is 1. The van der Waals surface area contributed by atoms with Crippen molar-refractivity contribution >= 4 is 17.8 Å². The molecule has 0 aromatic heterocycles. The highest BCUT2D eigenvalue weighted by atomic mass is 16.4. The monoisotopic (exact) mass is 380 g/mol. The van der Waals surface area contributed by atoms with Crippen LogP contribution in [0.15, 0.2) is 60.7 Å². The molecular formula is C22H24N2O4. The van der Waals surface area contributed by atoms with Gasteiger partial charge in [-0.1, -0.05) is 48.5 Å². The SMILES string of the molecule is O=C(N[C@@H](Cc1ccccc1)C(=O)O)C1CCN(C(=O)c2ccccc2)CC1. The Morgan fingerprint density at radius 3 is 2.11 bits per heavy atom. The number of amides is 2. The van der Waals surface area contributed by atoms with Gasteiger partial charge in [0.2, 0.25) is 5.91 Å². The molecule has 0 saturated carbocycles. The Kier molecular flexibility index (Phi) is 6.42. The third-order valence-corrected chi connectivity index (χ3v) is 5.07. The van der Waals surface area contributed by atoms with E-state index in [1.165, 1.54) is 0 Å². The van der Waals surface area contributed by atoms with E-state index in [2.05, 4.69) is 5.32 Å². The second-order valence-corrected chi connectivity index (χ2v) is 7.02. The van der Waals surface area contributed by atoms with Crippen molar-refractivity contribution in [3.8, 4) is 0 Å². The van der Waals surface area contributed by atoms with Gasteiger partial charge in [-0.05, 0) is 30.5 Å². The molecule has 1 fully saturated rings. The second-order valence-electron chi connectivity index (χ2n) is 7.02. The number of likely N-dealkylation sites (tertiary alicyclic amines) is 1. The van der Waals surface area contributed by atoms with Gasteiger partial charge in [-0.3, -0.25) is 9.59 Å². The van der Waals surface area contributed by atoms with Gasteiger partial charge in [0, 0.05) is 31.0 Å². The van der Waals surface area contributed by atoms with E-state index in [1.807, 2.05) is 48.5 Å². The van der Waals surface area contributed by atoms with Crippen LogP contribution in [0.2, 0.25) is 0 Å². The van der Waals surface area contributed by atoms with Crippen molar-refractivity contribution in [2.75, 3.05) is 13.1 Å². The number of carbonyl (C=O) groups is 3. The number of carboxylic acids is 1. The summed E-state index contributed by atoms with van der Waals surface area (Å²) in [4.78, 5) is 38.4. The maximum absolute atomic E-state index is 12.6. The normalized spacial score (nSPS) is 15.6. The molecular weight excluding hydrogens is 356 g/mol. The number of aliphatic carboxylic acids is 1. The number of benzene rings is 2. The van der Waals surface area contributed by atoms with E-state index in [0.29, 0.717) is 31.5 Å². The molecule has 28 heavy (non-hydrogen) atoms. The molecule has 2 N–H and O–H groups in total. The highest BCUT2D eigenvalue weighted by molar-refractivity contribution is 5.94. The van der Waals surface area contributed by atoms with Crippen LogP contribution in [0.5, 0.6) is 0 Å². The number of hydrogen-bond donors (Lipinski definition) is 2. The van der Waals surface area contributed by atoms with Crippen LogP contribution in [-0.4, -0.2) is 46.9 Å². The van der Waals surface area contributed by atoms with Gasteiger partial charge in [0.05, 0.1) is 0 Å². The van der Waals surface area contributed by atoms with E-state index in [4.69, 9.17) is 0 Å². The summed E-state index contributed by atoms with van der Waals surface area (Å²) in [5.41, 5.74) is 1.50. The Labute approximate surface area is 164 Å². The van der Waals surface area contributed by atoms with Crippen molar-refractivity contribution in [2.24, 2.45) is 5.92 Å². The quantitative estimate of drug-likeness (QED) is 0.805. The first-order valence-electron chi connectivity index (χ1n) is 9.46. The fraction of sp³-hybridized carbons (Fsp3) is 0.318. The van der Waals surface area contributed by atoms with Crippen molar-refractivity contribution in [1.29, 1.82) is 0 Å². The molecule has 6 nitrogen and oxygen atoms in total. The van der Waals surface area contributed by atoms with Gasteiger partial charge in [-0.15, -0.1) is 0 Å². The van der Waals surface area contributed by atoms with Crippen LogP contribution in [-0.2, 0) is 16.0 Å². The topological polar surface area (TPSA) is 86.7 Å². The molecule has 0 unspecified atom stereocenters. The summed E-state index contributed by atoms with van der Waals surface area (Å²) in [5, 5.41) is 12.1. The summed E-state index contributed by atoms with van der Waals surface area (Å²) in [6, 6.07) is 17.3. The zero-order valence-corrected chi connectivity index (χ0v) is 15.6. The number of nitrogens with zero attached hydrogens (tertiary/aromatic N) is 1. The maximum atomic E-state index is 12.6. The molecule has 0 radical (unpaired) electrons. The lowest BCUT2D eigenvalue weighted by Crippen LogP contribution is -2.48. The Hall–Kier alpha value is -3.15. The van der Waals surface area contributed by atoms with E-state index in [1.54, 1.807) is 17.0 Å². The summed E-state index contributed by atoms with van der Waals surface area (Å²) in [6.45, 7) is 0.977. The fourth-order valence-electron chi connectivity index (χ4n) is 3.45. The maximum Gasteiger partial charge on any atom is 0.326 e. The van der Waals surface area contributed by atoms with E-state index >= 15 is 0 Å². The highest BCUT2D eigenvalue weighted by Crippen LogP contribution is 2.20. The molecule has 1 saturated heterocycles. The summed E-state index contributed by atoms with van der Waals surface area (Å²) in [5.74, 6) is -1.62. The van der Waals surface area contributed by atoms with Crippen molar-refractivity contribution in [3.05, 3.63) is 71.8 Å². The van der Waals surface area contributed by atoms with Crippen LogP contribution >= 0.6 is 0 Å². The zero-order chi connectivity index (χ0) is 19.9. The second kappa shape index (κ2) is 9.17. The Morgan fingerprint density at radius 1 is 0.964 bits per heavy atom. The Bertz CT molecular complexity index is 815. The number of rotatable bonds is 6. The Balaban J connectivity index is 1.54. The minimum Gasteiger partial charge on any atom is -0.480 e. The smallest absolute Gasteiger partial charge is 0.326 e. The van der Waals surface area contributed by atoms with Crippen LogP contribution < -0.4 is 5.32 Å². The molecule has 3 rings (SSSR count). The predicted octanol–water partition coefficient (Wildman–Crippen LogP) is 2.35. The first kappa shape index (κ1) is 19.6. The summed E-state index contributed by atoms with van der Waals surface area (Å²) < 4.78 is 0. The molecule has 2 amide bonds. The number of piperidine rings is 1. The molecule has 146 valence electrons. The summed E-state index contributed by atoms with van der Waals surface area (Å²) >= 11 is 0. The van der Waals surface area contributed by atoms with Gasteiger partial charge in [0.25, 0.3) is 5.91 Å². The number of carboxylic acid groups (broad SMARTS) is 1. The third-order valence-electron chi connectivity index (χ3n) is 5.07. The van der Waals surface area contributed by atoms with Crippen molar-refractivity contribution in [3.63, 3.8) is 0 Å². The molecule has 6 heteroatoms. The standard InChI is InChI=1S/C22H24N2O4/c25-20(23-19(22(27)28)15-16-7-3-1-4-8-16)17-11-13-24(14-12-17)21(26)18-9-5-2-6-10-18/h1-10,17,19H,11-15H2,(H,23,25)(H,27,28)/t19-/m0/s1. The lowest BCUT2D eigenvalue weighted by molar-refractivity contribution is -0.142. The van der Waals surface area contributed by atoms with Crippen LogP contribution in [0.1, 0.15) is 28.8 Å². The van der Waals surface area contributed by atoms with Crippen LogP contribution in [0, 0.1) is 5.92 Å². The van der Waals surface area contributed by atoms with E-state index in [0.717, 1.165) is 5.56 Å². The van der Waals surface area contributed by atoms with Crippen LogP contribution in [0.4, 0.5) is 0 Å². The molecule has 1 aliphatic heterocycles. The van der Waals surface area contributed by atoms with E-state index in [-0.39, 0.29) is 24.2 Å². The van der Waals surface area contributed by atoms with Gasteiger partial charge in [0.15, 0.2) is 0 Å². The highest BCUT2D eigenvalue weighted by Gasteiger charge is 2.30. The molecule has 2 aromatic carbocycles. The molecule has 0 bridgehead atoms. The van der Waals surface area contributed by atoms with Gasteiger partial charge < -0.3 is 15.3 Å². The number of hydrogen-bond acceptors (Lipinski definition) is 3. The molecule has 0 aliphatic carbocycles. The average molecular weight is 380 g/mol. The van der Waals surface area contributed by atoms with Gasteiger partial charge >= 0.3 is 5.97 Å². The summed E-state index contributed by atoms with van der Waals surface area (Å²) in [7, 11) is 0. The van der Waals surface area contributed by atoms with Crippen LogP contribution in [0.25, 0.3) is 0 Å². The zero-order valence-electron chi connectivity index (χ0n) is 15.6. The molecule has 2 aromatic rings. The molecule has 0 spiro atoms. The van der Waals surface area contributed by atoms with Gasteiger partial charge in [-0.2, -0.15) is 0 Å². The van der Waals surface area contributed by atoms with E-state index < -0.39 is 12.0 Å². The first-order valence-corrected chi connectivity index (χ1v) is 9.46. The minimum atomic E-state index is -1.05. The Morgan fingerprint density at radius 2 is 1.54 bits per heavy atom. The van der Waals surface area contributed by atoms with Crippen LogP contribution in [0.3, 0.4) is 0 Å². The van der Waals surface area contributed by atoms with Crippen molar-refractivity contribution < 1.29 is 19.5 Å². The lowest BCUT2D eigenvalue weighted by atomic mass is 9.94. The minimum absolute atomic E-state index is 0.0352. The van der Waals surface area contributed by atoms with Gasteiger partial charge in [0.1, 0.15) is 6.04 Å². The molecule has 1 aliphatic rings. The van der Waals surface area contributed by atoms with E-state index in [9.17, 15) is 19.5 Å². The van der Waals surface area contributed by atoms with Crippen molar-refractivity contribution in [1.82, 2.24) is 10.2 Å². The predicted molar refractivity (Wildman–Crippen MR) is 105 cm³/mol. The summed E-state index contributed by atoms with van der Waals surface area (Å²) in [6.07, 6.45) is 1.30. The number of carbonyl (C=O) groups excluding carboxylic acids is 2. The molecule has 1 heterocycles. The lowest BCUT2D eigenvalue weighted by Gasteiger charge is -2.32. The van der Waals surface area contributed by atoms with Gasteiger partial charge in [-0.25, -0.2) is 4.79 Å². The first-order chi connectivity index (χ1) is 13.5. The third kappa shape index (κ3) is 4.97. The fourth-order valence-corrected chi connectivity index (χ4v) is 3.45. The largest absolute Gasteiger partial charge is 0.480 e.